The number of ether oxygens (including phenoxy) is 1. The van der Waals surface area contributed by atoms with E-state index in [2.05, 4.69) is 20.9 Å². The number of phenols is 1. The number of nitro benzene ring substituents is 1. The summed E-state index contributed by atoms with van der Waals surface area (Å²) in [5, 5.41) is 38.0. The molecule has 17 heteroatoms. The van der Waals surface area contributed by atoms with Crippen LogP contribution >= 0.6 is 11.6 Å². The van der Waals surface area contributed by atoms with Gasteiger partial charge in [-0.2, -0.15) is 13.2 Å². The molecule has 0 aliphatic carbocycles. The number of phenolic OH excluding ortho intramolecular Hbond substituents is 1. The molecule has 13 nitrogen and oxygen atoms in total. The van der Waals surface area contributed by atoms with Crippen molar-refractivity contribution >= 4 is 63.0 Å². The van der Waals surface area contributed by atoms with Crippen LogP contribution in [0.3, 0.4) is 0 Å². The minimum atomic E-state index is -5.08. The van der Waals surface area contributed by atoms with Gasteiger partial charge in [0, 0.05) is 41.1 Å². The summed E-state index contributed by atoms with van der Waals surface area (Å²) in [6.07, 6.45) is -3.70. The molecule has 0 saturated carbocycles. The molecule has 5 aromatic rings. The highest BCUT2D eigenvalue weighted by Crippen LogP contribution is 2.34. The van der Waals surface area contributed by atoms with Crippen molar-refractivity contribution in [2.24, 2.45) is 0 Å². The number of carboxylic acids is 1. The Morgan fingerprint density at radius 2 is 1.62 bits per heavy atom. The van der Waals surface area contributed by atoms with E-state index in [4.69, 9.17) is 26.2 Å². The number of nitrogens with zero attached hydrogens (tertiary/aromatic N) is 2. The molecule has 0 aliphatic heterocycles. The molecule has 0 spiro atoms. The van der Waals surface area contributed by atoms with Crippen LogP contribution < -0.4 is 20.7 Å². The Bertz CT molecular complexity index is 2080. The summed E-state index contributed by atoms with van der Waals surface area (Å²) in [4.78, 5) is 50.0. The van der Waals surface area contributed by atoms with Gasteiger partial charge in [0.1, 0.15) is 22.0 Å². The molecule has 5 rings (SSSR count). The molecule has 0 unspecified atom stereocenters. The van der Waals surface area contributed by atoms with Gasteiger partial charge in [0.25, 0.3) is 17.5 Å². The molecule has 0 radical (unpaired) electrons. The number of methoxy groups -OCH3 is 1. The van der Waals surface area contributed by atoms with Crippen molar-refractivity contribution in [3.8, 4) is 11.5 Å². The first-order valence-corrected chi connectivity index (χ1v) is 14.5. The van der Waals surface area contributed by atoms with Crippen LogP contribution in [0.5, 0.6) is 11.5 Å². The van der Waals surface area contributed by atoms with Crippen LogP contribution in [0, 0.1) is 10.1 Å². The summed E-state index contributed by atoms with van der Waals surface area (Å²) in [5.41, 5.74) is 2.37. The van der Waals surface area contributed by atoms with E-state index in [-0.39, 0.29) is 34.1 Å². The largest absolute Gasteiger partial charge is 0.506 e. The Balaban J connectivity index is 0.000000727. The summed E-state index contributed by atoms with van der Waals surface area (Å²) in [6.45, 7) is 0.255. The number of para-hydroxylation sites is 1. The molecule has 0 atom stereocenters. The molecule has 2 amide bonds. The molecule has 1 aromatic heterocycles. The SMILES string of the molecule is COc1ccc(CNC(=O)c2cnc3c(O)cccc3c2Nc2cccc(NC(=O)c3ccc(Cl)c([N+](=O)[O-])c3)c2)cc1.O=C(O)C(F)(F)F. The molecule has 258 valence electrons. The van der Waals surface area contributed by atoms with Gasteiger partial charge in [-0.1, -0.05) is 41.9 Å². The lowest BCUT2D eigenvalue weighted by Gasteiger charge is -2.16. The number of carbonyl (C=O) groups excluding carboxylic acids is 2. The second-order valence-electron chi connectivity index (χ2n) is 10.1. The van der Waals surface area contributed by atoms with Gasteiger partial charge in [0.2, 0.25) is 0 Å². The lowest BCUT2D eigenvalue weighted by molar-refractivity contribution is -0.384. The average Bonchev–Trinajstić information content (AvgIpc) is 3.08. The third kappa shape index (κ3) is 9.13. The van der Waals surface area contributed by atoms with E-state index >= 15 is 0 Å². The number of amides is 2. The fourth-order valence-corrected chi connectivity index (χ4v) is 4.54. The zero-order valence-electron chi connectivity index (χ0n) is 25.6. The van der Waals surface area contributed by atoms with Gasteiger partial charge in [-0.25, -0.2) is 4.79 Å². The zero-order chi connectivity index (χ0) is 36.6. The van der Waals surface area contributed by atoms with E-state index in [0.29, 0.717) is 33.7 Å². The Hall–Kier alpha value is -6.42. The number of nitrogens with one attached hydrogen (secondary N) is 3. The molecule has 0 fully saturated rings. The smallest absolute Gasteiger partial charge is 0.490 e. The number of fused-ring (bicyclic) bond motifs is 1. The average molecular weight is 712 g/mol. The maximum absolute atomic E-state index is 13.4. The zero-order valence-corrected chi connectivity index (χ0v) is 26.4. The Morgan fingerprint density at radius 3 is 2.26 bits per heavy atom. The molecule has 0 bridgehead atoms. The fraction of sp³-hybridized carbons (Fsp3) is 0.0909. The molecular weight excluding hydrogens is 687 g/mol. The van der Waals surface area contributed by atoms with E-state index in [1.807, 2.05) is 12.1 Å². The highest BCUT2D eigenvalue weighted by Gasteiger charge is 2.38. The monoisotopic (exact) mass is 711 g/mol. The number of aromatic hydroxyl groups is 1. The minimum Gasteiger partial charge on any atom is -0.506 e. The van der Waals surface area contributed by atoms with E-state index in [9.17, 15) is 38.0 Å². The van der Waals surface area contributed by atoms with Gasteiger partial charge in [0.05, 0.1) is 23.3 Å². The van der Waals surface area contributed by atoms with Gasteiger partial charge >= 0.3 is 12.1 Å². The van der Waals surface area contributed by atoms with Crippen molar-refractivity contribution in [3.05, 3.63) is 123 Å². The van der Waals surface area contributed by atoms with Crippen LogP contribution in [-0.4, -0.2) is 51.2 Å². The number of hydrogen-bond donors (Lipinski definition) is 5. The van der Waals surface area contributed by atoms with Crippen molar-refractivity contribution in [3.63, 3.8) is 0 Å². The van der Waals surface area contributed by atoms with Crippen LogP contribution in [0.1, 0.15) is 26.3 Å². The molecule has 0 aliphatic rings. The molecule has 0 saturated heterocycles. The van der Waals surface area contributed by atoms with Gasteiger partial charge in [-0.3, -0.25) is 24.7 Å². The number of aliphatic carboxylic acids is 1. The number of carboxylic acid groups (broad SMARTS) is 1. The summed E-state index contributed by atoms with van der Waals surface area (Å²) in [6, 6.07) is 22.6. The predicted octanol–water partition coefficient (Wildman–Crippen LogP) is 7.07. The number of nitro groups is 1. The number of halogens is 4. The molecule has 5 N–H and O–H groups in total. The first-order chi connectivity index (χ1) is 23.7. The number of alkyl halides is 3. The van der Waals surface area contributed by atoms with Gasteiger partial charge in [0.15, 0.2) is 0 Å². The molecule has 50 heavy (non-hydrogen) atoms. The standard InChI is InChI=1S/C31H24ClN5O6.C2HF3O2/c1-43-22-11-8-18(9-12-22)16-34-31(40)24-17-33-29-23(6-3-7-27(29)38)28(24)35-20-4-2-5-21(15-20)36-30(39)19-10-13-25(32)26(14-19)37(41)42;3-2(4,5)1(6)7/h2-15,17,38H,16H2,1H3,(H,33,35)(H,34,40)(H,36,39);(H,6,7). The summed E-state index contributed by atoms with van der Waals surface area (Å²) in [7, 11) is 1.58. The van der Waals surface area contributed by atoms with Gasteiger partial charge in [-0.05, 0) is 54.1 Å². The lowest BCUT2D eigenvalue weighted by atomic mass is 10.1. The second-order valence-corrected chi connectivity index (χ2v) is 10.5. The molecule has 1 heterocycles. The Kier molecular flexibility index (Phi) is 11.4. The van der Waals surface area contributed by atoms with Crippen LogP contribution in [0.2, 0.25) is 5.02 Å². The highest BCUT2D eigenvalue weighted by molar-refractivity contribution is 6.32. The third-order valence-electron chi connectivity index (χ3n) is 6.77. The Labute approximate surface area is 285 Å². The van der Waals surface area contributed by atoms with Crippen LogP contribution in [-0.2, 0) is 11.3 Å². The van der Waals surface area contributed by atoms with Crippen molar-refractivity contribution in [1.29, 1.82) is 0 Å². The highest BCUT2D eigenvalue weighted by atomic mass is 35.5. The number of aromatic nitrogens is 1. The van der Waals surface area contributed by atoms with Crippen molar-refractivity contribution in [2.75, 3.05) is 17.7 Å². The van der Waals surface area contributed by atoms with Crippen molar-refractivity contribution < 1.29 is 47.4 Å². The van der Waals surface area contributed by atoms with Crippen molar-refractivity contribution in [2.45, 2.75) is 12.7 Å². The Morgan fingerprint density at radius 1 is 0.960 bits per heavy atom. The van der Waals surface area contributed by atoms with E-state index in [1.165, 1.54) is 24.4 Å². The lowest BCUT2D eigenvalue weighted by Crippen LogP contribution is -2.24. The first kappa shape index (κ1) is 36.4. The molecule has 4 aromatic carbocycles. The maximum atomic E-state index is 13.4. The number of rotatable bonds is 9. The number of anilines is 3. The van der Waals surface area contributed by atoms with Gasteiger partial charge in [-0.15, -0.1) is 0 Å². The summed E-state index contributed by atoms with van der Waals surface area (Å²) >= 11 is 5.87. The number of pyridine rings is 1. The predicted molar refractivity (Wildman–Crippen MR) is 177 cm³/mol. The van der Waals surface area contributed by atoms with Crippen LogP contribution in [0.25, 0.3) is 10.9 Å². The third-order valence-corrected chi connectivity index (χ3v) is 7.09. The summed E-state index contributed by atoms with van der Waals surface area (Å²) in [5.74, 6) is -3.08. The molecular formula is C33H25ClF3N5O8. The number of hydrogen-bond acceptors (Lipinski definition) is 9. The summed E-state index contributed by atoms with van der Waals surface area (Å²) < 4.78 is 36.9. The van der Waals surface area contributed by atoms with Crippen LogP contribution in [0.4, 0.5) is 35.9 Å². The fourth-order valence-electron chi connectivity index (χ4n) is 4.35. The normalized spacial score (nSPS) is 10.7. The number of benzene rings is 4. The maximum Gasteiger partial charge on any atom is 0.490 e. The number of carbonyl (C=O) groups is 3. The topological polar surface area (TPSA) is 193 Å². The minimum absolute atomic E-state index is 0.0520. The quantitative estimate of drug-likeness (QED) is 0.0780. The van der Waals surface area contributed by atoms with Gasteiger partial charge < -0.3 is 30.9 Å². The first-order valence-electron chi connectivity index (χ1n) is 14.1. The van der Waals surface area contributed by atoms with E-state index in [1.54, 1.807) is 55.6 Å². The van der Waals surface area contributed by atoms with E-state index < -0.39 is 28.9 Å². The second kappa shape index (κ2) is 15.7. The van der Waals surface area contributed by atoms with Crippen molar-refractivity contribution in [1.82, 2.24) is 10.3 Å². The van der Waals surface area contributed by atoms with Crippen LogP contribution in [0.15, 0.2) is 91.1 Å². The van der Waals surface area contributed by atoms with E-state index in [0.717, 1.165) is 11.6 Å².